The molecule has 0 unspecified atom stereocenters. The topological polar surface area (TPSA) is 27.7 Å². The Morgan fingerprint density at radius 1 is 1.14 bits per heavy atom. The molecule has 1 saturated carbocycles. The van der Waals surface area contributed by atoms with Crippen LogP contribution in [0.2, 0.25) is 0 Å². The average molecular weight is 218 g/mol. The van der Waals surface area contributed by atoms with Crippen LogP contribution >= 0.6 is 0 Å². The molecule has 0 bridgehead atoms. The van der Waals surface area contributed by atoms with E-state index in [4.69, 9.17) is 13.9 Å². The molecule has 0 amide bonds. The van der Waals surface area contributed by atoms with Gasteiger partial charge in [-0.2, -0.15) is 0 Å². The van der Waals surface area contributed by atoms with E-state index < -0.39 is 5.79 Å². The van der Waals surface area contributed by atoms with E-state index in [9.17, 15) is 0 Å². The summed E-state index contributed by atoms with van der Waals surface area (Å²) < 4.78 is 16.4. The van der Waals surface area contributed by atoms with Crippen molar-refractivity contribution in [1.82, 2.24) is 0 Å². The molecule has 1 fully saturated rings. The fourth-order valence-electron chi connectivity index (χ4n) is 2.40. The van der Waals surface area contributed by atoms with Crippen LogP contribution in [0.15, 0.2) is 0 Å². The van der Waals surface area contributed by atoms with Crippen LogP contribution in [-0.2, 0) is 13.9 Å². The Kier molecular flexibility index (Phi) is 5.09. The summed E-state index contributed by atoms with van der Waals surface area (Å²) in [5.41, 5.74) is 0. The maximum absolute atomic E-state index is 5.54. The Balaban J connectivity index is 2.62. The Bertz CT molecular complexity index is 153. The van der Waals surface area contributed by atoms with Crippen molar-refractivity contribution in [3.8, 4) is 0 Å². The lowest BCUT2D eigenvalue weighted by molar-refractivity contribution is -0.258. The van der Waals surface area contributed by atoms with Gasteiger partial charge in [0.2, 0.25) is 0 Å². The summed E-state index contributed by atoms with van der Waals surface area (Å²) in [6.45, 7) is 0.580. The average Bonchev–Trinajstić information content (AvgIpc) is 2.27. The van der Waals surface area contributed by atoms with Crippen LogP contribution in [0.1, 0.15) is 32.1 Å². The monoisotopic (exact) mass is 218 g/mol. The lowest BCUT2D eigenvalue weighted by atomic mass is 9.83. The molecule has 0 saturated heterocycles. The molecule has 0 heterocycles. The van der Waals surface area contributed by atoms with E-state index in [1.165, 1.54) is 32.1 Å². The van der Waals surface area contributed by atoms with Gasteiger partial charge in [0.1, 0.15) is 10.5 Å². The third-order valence-corrected chi connectivity index (χ3v) is 3.55. The van der Waals surface area contributed by atoms with Gasteiger partial charge >= 0.3 is 0 Å². The number of ether oxygens (including phenoxy) is 2. The Morgan fingerprint density at radius 2 is 1.71 bits per heavy atom. The van der Waals surface area contributed by atoms with Crippen molar-refractivity contribution in [2.75, 3.05) is 20.8 Å². The standard InChI is InChI=1S/C10H22O3Si/c1-11-10(12-2,8-13-14)9-6-4-3-5-7-9/h9H,3-8H2,1-2,14H3. The molecule has 0 atom stereocenters. The quantitative estimate of drug-likeness (QED) is 0.506. The fraction of sp³-hybridized carbons (Fsp3) is 1.00. The molecular weight excluding hydrogens is 196 g/mol. The van der Waals surface area contributed by atoms with Gasteiger partial charge in [-0.3, -0.25) is 0 Å². The van der Waals surface area contributed by atoms with Gasteiger partial charge in [0, 0.05) is 20.1 Å². The highest BCUT2D eigenvalue weighted by atomic mass is 28.2. The van der Waals surface area contributed by atoms with E-state index in [1.807, 2.05) is 0 Å². The predicted molar refractivity (Wildman–Crippen MR) is 59.2 cm³/mol. The summed E-state index contributed by atoms with van der Waals surface area (Å²) in [4.78, 5) is 0. The zero-order chi connectivity index (χ0) is 10.4. The van der Waals surface area contributed by atoms with Gasteiger partial charge in [0.15, 0.2) is 5.79 Å². The third-order valence-electron chi connectivity index (χ3n) is 3.26. The van der Waals surface area contributed by atoms with Gasteiger partial charge in [-0.15, -0.1) is 0 Å². The highest BCUT2D eigenvalue weighted by Gasteiger charge is 2.39. The molecule has 3 nitrogen and oxygen atoms in total. The maximum Gasteiger partial charge on any atom is 0.192 e. The molecule has 84 valence electrons. The second-order valence-corrected chi connectivity index (χ2v) is 4.57. The lowest BCUT2D eigenvalue weighted by Crippen LogP contribution is -2.47. The van der Waals surface area contributed by atoms with Crippen molar-refractivity contribution < 1.29 is 13.9 Å². The molecule has 0 aromatic carbocycles. The minimum Gasteiger partial charge on any atom is -0.422 e. The molecule has 0 N–H and O–H groups in total. The maximum atomic E-state index is 5.54. The van der Waals surface area contributed by atoms with E-state index >= 15 is 0 Å². The summed E-state index contributed by atoms with van der Waals surface area (Å²) in [6, 6.07) is 0. The molecule has 1 aliphatic rings. The first kappa shape index (κ1) is 12.2. The van der Waals surface area contributed by atoms with Gasteiger partial charge in [-0.05, 0) is 12.8 Å². The van der Waals surface area contributed by atoms with Crippen molar-refractivity contribution in [2.24, 2.45) is 5.92 Å². The normalized spacial score (nSPS) is 20.1. The zero-order valence-corrected chi connectivity index (χ0v) is 11.5. The molecule has 0 spiro atoms. The van der Waals surface area contributed by atoms with Crippen molar-refractivity contribution in [3.63, 3.8) is 0 Å². The summed E-state index contributed by atoms with van der Waals surface area (Å²) in [5, 5.41) is 0. The van der Waals surface area contributed by atoms with Gasteiger partial charge in [0.25, 0.3) is 0 Å². The Hall–Kier alpha value is 0.0969. The van der Waals surface area contributed by atoms with E-state index in [0.717, 1.165) is 10.5 Å². The summed E-state index contributed by atoms with van der Waals surface area (Å²) in [7, 11) is 4.18. The van der Waals surface area contributed by atoms with Gasteiger partial charge in [-0.1, -0.05) is 19.3 Å². The molecule has 0 radical (unpaired) electrons. The van der Waals surface area contributed by atoms with Crippen LogP contribution in [-0.4, -0.2) is 37.1 Å². The largest absolute Gasteiger partial charge is 0.422 e. The van der Waals surface area contributed by atoms with Crippen LogP contribution < -0.4 is 0 Å². The van der Waals surface area contributed by atoms with Gasteiger partial charge in [-0.25, -0.2) is 0 Å². The molecule has 4 heteroatoms. The second kappa shape index (κ2) is 5.85. The van der Waals surface area contributed by atoms with Crippen LogP contribution in [0.25, 0.3) is 0 Å². The Morgan fingerprint density at radius 3 is 2.14 bits per heavy atom. The highest BCUT2D eigenvalue weighted by Crippen LogP contribution is 2.35. The van der Waals surface area contributed by atoms with E-state index in [0.29, 0.717) is 12.5 Å². The first-order valence-corrected chi connectivity index (χ1v) is 6.20. The molecule has 1 rings (SSSR count). The van der Waals surface area contributed by atoms with Crippen molar-refractivity contribution >= 4 is 10.5 Å². The number of methoxy groups -OCH3 is 2. The SMILES string of the molecule is COC(CO[SiH3])(OC)C1CCCCC1. The first-order chi connectivity index (χ1) is 6.79. The van der Waals surface area contributed by atoms with Gasteiger partial charge < -0.3 is 13.9 Å². The number of hydrogen-bond acceptors (Lipinski definition) is 3. The second-order valence-electron chi connectivity index (χ2n) is 3.99. The molecule has 0 aliphatic heterocycles. The van der Waals surface area contributed by atoms with Crippen molar-refractivity contribution in [3.05, 3.63) is 0 Å². The third kappa shape index (κ3) is 2.57. The zero-order valence-electron chi connectivity index (χ0n) is 9.54. The highest BCUT2D eigenvalue weighted by molar-refractivity contribution is 5.97. The molecule has 0 aromatic rings. The number of hydrogen-bond donors (Lipinski definition) is 0. The van der Waals surface area contributed by atoms with Crippen molar-refractivity contribution in [2.45, 2.75) is 37.9 Å². The summed E-state index contributed by atoms with van der Waals surface area (Å²) in [6.07, 6.45) is 6.33. The van der Waals surface area contributed by atoms with Crippen molar-refractivity contribution in [1.29, 1.82) is 0 Å². The van der Waals surface area contributed by atoms with Crippen LogP contribution in [0.5, 0.6) is 0 Å². The fourth-order valence-corrected chi connectivity index (χ4v) is 2.80. The summed E-state index contributed by atoms with van der Waals surface area (Å²) in [5.74, 6) is 0.0162. The molecule has 1 aliphatic carbocycles. The predicted octanol–water partition coefficient (Wildman–Crippen LogP) is 0.853. The van der Waals surface area contributed by atoms with Gasteiger partial charge in [0.05, 0.1) is 6.61 Å². The minimum atomic E-state index is -0.484. The van der Waals surface area contributed by atoms with Crippen LogP contribution in [0.3, 0.4) is 0 Å². The number of rotatable bonds is 5. The van der Waals surface area contributed by atoms with E-state index in [2.05, 4.69) is 0 Å². The van der Waals surface area contributed by atoms with E-state index in [1.54, 1.807) is 14.2 Å². The van der Waals surface area contributed by atoms with Crippen LogP contribution in [0.4, 0.5) is 0 Å². The van der Waals surface area contributed by atoms with E-state index in [-0.39, 0.29) is 0 Å². The first-order valence-electron chi connectivity index (χ1n) is 5.38. The smallest absolute Gasteiger partial charge is 0.192 e. The lowest BCUT2D eigenvalue weighted by Gasteiger charge is -2.39. The molecule has 0 aromatic heterocycles. The van der Waals surface area contributed by atoms with Crippen LogP contribution in [0, 0.1) is 5.92 Å². The minimum absolute atomic E-state index is 0.484. The molecular formula is C10H22O3Si. The molecule has 14 heavy (non-hydrogen) atoms. The Labute approximate surface area is 89.7 Å². The summed E-state index contributed by atoms with van der Waals surface area (Å²) >= 11 is 0.